The first-order valence-electron chi connectivity index (χ1n) is 10.7. The molecule has 4 rings (SSSR count). The van der Waals surface area contributed by atoms with Gasteiger partial charge in [0.15, 0.2) is 0 Å². The number of carbonyl (C=O) groups is 3. The van der Waals surface area contributed by atoms with E-state index in [0.717, 1.165) is 31.6 Å². The van der Waals surface area contributed by atoms with Gasteiger partial charge in [0.25, 0.3) is 11.1 Å². The van der Waals surface area contributed by atoms with Gasteiger partial charge in [-0.25, -0.2) is 0 Å². The van der Waals surface area contributed by atoms with Gasteiger partial charge in [-0.15, -0.1) is 11.8 Å². The van der Waals surface area contributed by atoms with Gasteiger partial charge in [-0.3, -0.25) is 19.3 Å². The Morgan fingerprint density at radius 1 is 1.14 bits per heavy atom. The second-order valence-electron chi connectivity index (χ2n) is 7.65. The van der Waals surface area contributed by atoms with Crippen LogP contribution in [0.1, 0.15) is 11.1 Å². The van der Waals surface area contributed by atoms with Crippen molar-refractivity contribution in [3.05, 3.63) is 92.3 Å². The van der Waals surface area contributed by atoms with Crippen molar-refractivity contribution >= 4 is 79.9 Å². The summed E-state index contributed by atoms with van der Waals surface area (Å²) in [4.78, 5) is 40.2. The molecular formula is C26H20BrClN2O4S2. The third-order valence-corrected chi connectivity index (χ3v) is 7.47. The van der Waals surface area contributed by atoms with Crippen molar-refractivity contribution in [1.29, 1.82) is 0 Å². The topological polar surface area (TPSA) is 75.7 Å². The van der Waals surface area contributed by atoms with Gasteiger partial charge < -0.3 is 10.1 Å². The Balaban J connectivity index is 1.47. The lowest BCUT2D eigenvalue weighted by atomic mass is 10.1. The molecule has 0 aliphatic carbocycles. The molecule has 10 heteroatoms. The Kier molecular flexibility index (Phi) is 8.79. The molecule has 6 nitrogen and oxygen atoms in total. The maximum Gasteiger partial charge on any atom is 0.294 e. The van der Waals surface area contributed by atoms with Crippen LogP contribution in [0.15, 0.2) is 81.0 Å². The van der Waals surface area contributed by atoms with Crippen LogP contribution < -0.4 is 10.1 Å². The smallest absolute Gasteiger partial charge is 0.294 e. The first-order chi connectivity index (χ1) is 17.3. The second-order valence-corrected chi connectivity index (χ2v) is 10.9. The van der Waals surface area contributed by atoms with Crippen molar-refractivity contribution in [2.24, 2.45) is 0 Å². The highest BCUT2D eigenvalue weighted by Crippen LogP contribution is 2.35. The van der Waals surface area contributed by atoms with Crippen molar-refractivity contribution in [1.82, 2.24) is 4.90 Å². The molecule has 1 aliphatic rings. The number of imide groups is 1. The highest BCUT2D eigenvalue weighted by Gasteiger charge is 2.36. The highest BCUT2D eigenvalue weighted by atomic mass is 79.9. The van der Waals surface area contributed by atoms with Crippen LogP contribution >= 0.6 is 51.1 Å². The fourth-order valence-electron chi connectivity index (χ4n) is 3.33. The molecule has 0 spiro atoms. The summed E-state index contributed by atoms with van der Waals surface area (Å²) in [5.74, 6) is -0.431. The molecule has 1 fully saturated rings. The minimum Gasteiger partial charge on any atom is -0.488 e. The number of hydrogen-bond acceptors (Lipinski definition) is 6. The number of nitrogens with zero attached hydrogens (tertiary/aromatic N) is 1. The molecule has 0 unspecified atom stereocenters. The zero-order chi connectivity index (χ0) is 25.7. The lowest BCUT2D eigenvalue weighted by Gasteiger charge is -2.13. The van der Waals surface area contributed by atoms with E-state index in [2.05, 4.69) is 21.2 Å². The van der Waals surface area contributed by atoms with E-state index in [1.807, 2.05) is 42.7 Å². The lowest BCUT2D eigenvalue weighted by Crippen LogP contribution is -2.36. The Bertz CT molecular complexity index is 1350. The number of hydrogen-bond donors (Lipinski definition) is 1. The third-order valence-electron chi connectivity index (χ3n) is 5.09. The normalized spacial score (nSPS) is 14.4. The molecule has 0 saturated carbocycles. The summed E-state index contributed by atoms with van der Waals surface area (Å²) in [6.45, 7) is -0.0665. The minimum atomic E-state index is -0.526. The third kappa shape index (κ3) is 6.73. The van der Waals surface area contributed by atoms with Crippen LogP contribution in [-0.2, 0) is 16.2 Å². The predicted octanol–water partition coefficient (Wildman–Crippen LogP) is 7.08. The number of carbonyl (C=O) groups excluding carboxylic acids is 3. The number of rotatable bonds is 8. The monoisotopic (exact) mass is 602 g/mol. The van der Waals surface area contributed by atoms with Crippen molar-refractivity contribution < 1.29 is 19.1 Å². The van der Waals surface area contributed by atoms with E-state index in [1.54, 1.807) is 48.2 Å². The maximum atomic E-state index is 13.0. The summed E-state index contributed by atoms with van der Waals surface area (Å²) in [6.07, 6.45) is 3.54. The van der Waals surface area contributed by atoms with E-state index >= 15 is 0 Å². The number of thioether (sulfide) groups is 2. The zero-order valence-corrected chi connectivity index (χ0v) is 23.0. The Morgan fingerprint density at radius 2 is 1.92 bits per heavy atom. The molecule has 3 aromatic rings. The molecule has 0 aromatic heterocycles. The van der Waals surface area contributed by atoms with E-state index in [0.29, 0.717) is 28.6 Å². The molecule has 1 heterocycles. The molecule has 1 saturated heterocycles. The lowest BCUT2D eigenvalue weighted by molar-refractivity contribution is -0.127. The van der Waals surface area contributed by atoms with Crippen LogP contribution in [0.2, 0.25) is 5.02 Å². The van der Waals surface area contributed by atoms with E-state index in [-0.39, 0.29) is 11.4 Å². The molecule has 3 aromatic carbocycles. The van der Waals surface area contributed by atoms with Crippen LogP contribution in [0.4, 0.5) is 10.5 Å². The van der Waals surface area contributed by atoms with Gasteiger partial charge in [-0.05, 0) is 78.2 Å². The number of halogens is 2. The molecule has 36 heavy (non-hydrogen) atoms. The summed E-state index contributed by atoms with van der Waals surface area (Å²) in [7, 11) is 0. The first kappa shape index (κ1) is 26.3. The zero-order valence-electron chi connectivity index (χ0n) is 19.0. The van der Waals surface area contributed by atoms with Crippen molar-refractivity contribution in [3.8, 4) is 5.75 Å². The molecule has 0 atom stereocenters. The van der Waals surface area contributed by atoms with Crippen LogP contribution in [0.5, 0.6) is 5.75 Å². The number of nitrogens with one attached hydrogen (secondary N) is 1. The number of ether oxygens (including phenoxy) is 1. The van der Waals surface area contributed by atoms with Crippen LogP contribution in [-0.4, -0.2) is 34.8 Å². The average Bonchev–Trinajstić information content (AvgIpc) is 3.12. The van der Waals surface area contributed by atoms with E-state index < -0.39 is 17.1 Å². The maximum absolute atomic E-state index is 13.0. The van der Waals surface area contributed by atoms with Crippen LogP contribution in [0.3, 0.4) is 0 Å². The average molecular weight is 604 g/mol. The fourth-order valence-corrected chi connectivity index (χ4v) is 5.12. The minimum absolute atomic E-state index is 0.214. The Morgan fingerprint density at radius 3 is 2.67 bits per heavy atom. The number of benzene rings is 3. The molecule has 184 valence electrons. The van der Waals surface area contributed by atoms with Gasteiger partial charge in [0, 0.05) is 25.6 Å². The SMILES string of the molecule is CSc1cccc(NC(=O)CN2C(=O)S/C(=C/c3cc(Br)ccc3OCc3ccc(Cl)cc3)C2=O)c1. The summed E-state index contributed by atoms with van der Waals surface area (Å²) >= 11 is 11.7. The largest absolute Gasteiger partial charge is 0.488 e. The predicted molar refractivity (Wildman–Crippen MR) is 149 cm³/mol. The number of amides is 3. The van der Waals surface area contributed by atoms with Crippen molar-refractivity contribution in [2.45, 2.75) is 11.5 Å². The van der Waals surface area contributed by atoms with Crippen molar-refractivity contribution in [3.63, 3.8) is 0 Å². The van der Waals surface area contributed by atoms with Gasteiger partial charge in [-0.2, -0.15) is 0 Å². The standard InChI is InChI=1S/C26H20BrClN2O4S2/c1-35-21-4-2-3-20(13-21)29-24(31)14-30-25(32)23(36-26(30)33)12-17-11-18(27)7-10-22(17)34-15-16-5-8-19(28)9-6-16/h2-13H,14-15H2,1H3,(H,29,31)/b23-12+. The molecule has 0 bridgehead atoms. The van der Waals surface area contributed by atoms with E-state index in [9.17, 15) is 14.4 Å². The van der Waals surface area contributed by atoms with Gasteiger partial charge in [0.05, 0.1) is 4.91 Å². The fraction of sp³-hybridized carbons (Fsp3) is 0.115. The van der Waals surface area contributed by atoms with Crippen LogP contribution in [0.25, 0.3) is 6.08 Å². The van der Waals surface area contributed by atoms with Gasteiger partial charge in [0.2, 0.25) is 5.91 Å². The van der Waals surface area contributed by atoms with Crippen molar-refractivity contribution in [2.75, 3.05) is 18.1 Å². The Hall–Kier alpha value is -2.72. The van der Waals surface area contributed by atoms with E-state index in [1.165, 1.54) is 0 Å². The first-order valence-corrected chi connectivity index (χ1v) is 13.9. The molecule has 1 aliphatic heterocycles. The van der Waals surface area contributed by atoms with Gasteiger partial charge >= 0.3 is 0 Å². The summed E-state index contributed by atoms with van der Waals surface area (Å²) < 4.78 is 6.76. The molecule has 3 amide bonds. The Labute approximate surface area is 230 Å². The quantitative estimate of drug-likeness (QED) is 0.219. The molecular weight excluding hydrogens is 584 g/mol. The van der Waals surface area contributed by atoms with Gasteiger partial charge in [-0.1, -0.05) is 45.7 Å². The summed E-state index contributed by atoms with van der Waals surface area (Å²) in [6, 6.07) is 20.1. The number of anilines is 1. The second kappa shape index (κ2) is 12.0. The molecule has 1 N–H and O–H groups in total. The highest BCUT2D eigenvalue weighted by molar-refractivity contribution is 9.10. The van der Waals surface area contributed by atoms with Crippen LogP contribution in [0, 0.1) is 0 Å². The van der Waals surface area contributed by atoms with E-state index in [4.69, 9.17) is 16.3 Å². The summed E-state index contributed by atoms with van der Waals surface area (Å²) in [5.41, 5.74) is 2.16. The summed E-state index contributed by atoms with van der Waals surface area (Å²) in [5, 5.41) is 2.88. The molecule has 0 radical (unpaired) electrons. The van der Waals surface area contributed by atoms with Gasteiger partial charge in [0.1, 0.15) is 18.9 Å².